The smallest absolute Gasteiger partial charge is 0.147 e. The molecule has 1 aromatic heterocycles. The van der Waals surface area contributed by atoms with Gasteiger partial charge in [-0.05, 0) is 49.9 Å². The van der Waals surface area contributed by atoms with Crippen LogP contribution in [0, 0.1) is 11.7 Å². The SMILES string of the molecule is CCCCCCCCn1cc(CN2CCC(C)CC2)c2cccc(F)c21. The van der Waals surface area contributed by atoms with Gasteiger partial charge in [0.05, 0.1) is 5.52 Å². The van der Waals surface area contributed by atoms with Crippen LogP contribution in [0.25, 0.3) is 10.9 Å². The second kappa shape index (κ2) is 9.55. The Balaban J connectivity index is 1.68. The van der Waals surface area contributed by atoms with Crippen LogP contribution in [0.5, 0.6) is 0 Å². The van der Waals surface area contributed by atoms with Gasteiger partial charge in [-0.1, -0.05) is 58.1 Å². The molecule has 2 heterocycles. The summed E-state index contributed by atoms with van der Waals surface area (Å²) in [4.78, 5) is 2.54. The maximum absolute atomic E-state index is 14.5. The Bertz CT molecular complexity index is 683. The van der Waals surface area contributed by atoms with Gasteiger partial charge >= 0.3 is 0 Å². The topological polar surface area (TPSA) is 8.17 Å². The summed E-state index contributed by atoms with van der Waals surface area (Å²) in [6.45, 7) is 8.82. The van der Waals surface area contributed by atoms with Gasteiger partial charge in [0.25, 0.3) is 0 Å². The molecule has 144 valence electrons. The predicted octanol–water partition coefficient (Wildman–Crippen LogP) is 6.37. The van der Waals surface area contributed by atoms with Gasteiger partial charge < -0.3 is 4.57 Å². The van der Waals surface area contributed by atoms with Gasteiger partial charge in [0.15, 0.2) is 0 Å². The van der Waals surface area contributed by atoms with Gasteiger partial charge in [-0.3, -0.25) is 4.90 Å². The molecule has 2 nitrogen and oxygen atoms in total. The second-order valence-electron chi connectivity index (χ2n) is 8.21. The number of benzene rings is 1. The highest BCUT2D eigenvalue weighted by atomic mass is 19.1. The van der Waals surface area contributed by atoms with Gasteiger partial charge in [-0.25, -0.2) is 4.39 Å². The maximum Gasteiger partial charge on any atom is 0.147 e. The molecule has 1 fully saturated rings. The summed E-state index contributed by atoms with van der Waals surface area (Å²) in [6.07, 6.45) is 12.4. The number of hydrogen-bond acceptors (Lipinski definition) is 1. The maximum atomic E-state index is 14.5. The fraction of sp³-hybridized carbons (Fsp3) is 0.652. The number of likely N-dealkylation sites (tertiary alicyclic amines) is 1. The molecule has 3 heteroatoms. The predicted molar refractivity (Wildman–Crippen MR) is 109 cm³/mol. The van der Waals surface area contributed by atoms with Crippen molar-refractivity contribution < 1.29 is 4.39 Å². The molecule has 0 bridgehead atoms. The standard InChI is InChI=1S/C23H35FN2/c1-3-4-5-6-7-8-14-26-18-20(17-25-15-12-19(2)13-16-25)21-10-9-11-22(24)23(21)26/h9-11,18-19H,3-8,12-17H2,1-2H3. The molecule has 3 rings (SSSR count). The van der Waals surface area contributed by atoms with E-state index in [-0.39, 0.29) is 5.82 Å². The Morgan fingerprint density at radius 2 is 1.77 bits per heavy atom. The Hall–Kier alpha value is -1.35. The van der Waals surface area contributed by atoms with Crippen molar-refractivity contribution in [3.05, 3.63) is 35.8 Å². The van der Waals surface area contributed by atoms with Crippen molar-refractivity contribution in [1.29, 1.82) is 0 Å². The third kappa shape index (κ3) is 4.88. The van der Waals surface area contributed by atoms with Crippen LogP contribution in [-0.2, 0) is 13.1 Å². The van der Waals surface area contributed by atoms with Crippen LogP contribution in [-0.4, -0.2) is 22.6 Å². The number of piperidine rings is 1. The van der Waals surface area contributed by atoms with Crippen molar-refractivity contribution in [1.82, 2.24) is 9.47 Å². The zero-order valence-electron chi connectivity index (χ0n) is 16.6. The molecular formula is C23H35FN2. The average molecular weight is 359 g/mol. The van der Waals surface area contributed by atoms with E-state index in [1.54, 1.807) is 6.07 Å². The minimum absolute atomic E-state index is 0.0769. The van der Waals surface area contributed by atoms with Gasteiger partial charge in [0.1, 0.15) is 5.82 Å². The minimum Gasteiger partial charge on any atom is -0.345 e. The van der Waals surface area contributed by atoms with Gasteiger partial charge in [-0.2, -0.15) is 0 Å². The lowest BCUT2D eigenvalue weighted by Gasteiger charge is -2.29. The summed E-state index contributed by atoms with van der Waals surface area (Å²) in [6, 6.07) is 5.55. The van der Waals surface area contributed by atoms with E-state index in [1.165, 1.54) is 63.6 Å². The number of nitrogens with zero attached hydrogens (tertiary/aromatic N) is 2. The largest absolute Gasteiger partial charge is 0.345 e. The monoisotopic (exact) mass is 358 g/mol. The molecular weight excluding hydrogens is 323 g/mol. The lowest BCUT2D eigenvalue weighted by molar-refractivity contribution is 0.186. The molecule has 26 heavy (non-hydrogen) atoms. The van der Waals surface area contributed by atoms with Crippen molar-refractivity contribution in [2.24, 2.45) is 5.92 Å². The first-order valence-electron chi connectivity index (χ1n) is 10.7. The average Bonchev–Trinajstić information content (AvgIpc) is 2.99. The van der Waals surface area contributed by atoms with E-state index < -0.39 is 0 Å². The van der Waals surface area contributed by atoms with Crippen LogP contribution in [0.1, 0.15) is 70.8 Å². The fourth-order valence-electron chi connectivity index (χ4n) is 4.21. The zero-order valence-corrected chi connectivity index (χ0v) is 16.6. The molecule has 0 amide bonds. The molecule has 1 saturated heterocycles. The molecule has 0 spiro atoms. The van der Waals surface area contributed by atoms with Crippen LogP contribution >= 0.6 is 0 Å². The molecule has 0 radical (unpaired) electrons. The first-order chi connectivity index (χ1) is 12.7. The first kappa shape index (κ1) is 19.4. The molecule has 1 aromatic carbocycles. The van der Waals surface area contributed by atoms with Crippen LogP contribution in [0.4, 0.5) is 4.39 Å². The third-order valence-corrected chi connectivity index (χ3v) is 5.95. The Morgan fingerprint density at radius 3 is 2.54 bits per heavy atom. The molecule has 0 atom stereocenters. The van der Waals surface area contributed by atoms with E-state index >= 15 is 0 Å². The summed E-state index contributed by atoms with van der Waals surface area (Å²) in [7, 11) is 0. The quantitative estimate of drug-likeness (QED) is 0.473. The first-order valence-corrected chi connectivity index (χ1v) is 10.7. The molecule has 2 aromatic rings. The molecule has 0 saturated carbocycles. The molecule has 0 aliphatic carbocycles. The van der Waals surface area contributed by atoms with Crippen molar-refractivity contribution in [2.75, 3.05) is 13.1 Å². The Labute approximate surface area is 158 Å². The van der Waals surface area contributed by atoms with E-state index in [0.29, 0.717) is 0 Å². The number of aryl methyl sites for hydroxylation is 1. The van der Waals surface area contributed by atoms with Crippen LogP contribution in [0.2, 0.25) is 0 Å². The summed E-state index contributed by atoms with van der Waals surface area (Å²) in [5.41, 5.74) is 2.10. The van der Waals surface area contributed by atoms with E-state index in [2.05, 4.69) is 35.6 Å². The highest BCUT2D eigenvalue weighted by Crippen LogP contribution is 2.27. The van der Waals surface area contributed by atoms with Gasteiger partial charge in [0.2, 0.25) is 0 Å². The summed E-state index contributed by atoms with van der Waals surface area (Å²) in [5, 5.41) is 1.11. The molecule has 1 aliphatic rings. The molecule has 0 N–H and O–H groups in total. The van der Waals surface area contributed by atoms with Gasteiger partial charge in [-0.15, -0.1) is 0 Å². The van der Waals surface area contributed by atoms with Crippen molar-refractivity contribution in [3.63, 3.8) is 0 Å². The van der Waals surface area contributed by atoms with Gasteiger partial charge in [0, 0.05) is 24.7 Å². The van der Waals surface area contributed by atoms with E-state index in [9.17, 15) is 4.39 Å². The number of fused-ring (bicyclic) bond motifs is 1. The van der Waals surface area contributed by atoms with E-state index in [1.807, 2.05) is 6.07 Å². The second-order valence-corrected chi connectivity index (χ2v) is 8.21. The Morgan fingerprint density at radius 1 is 1.04 bits per heavy atom. The zero-order chi connectivity index (χ0) is 18.4. The van der Waals surface area contributed by atoms with E-state index in [4.69, 9.17) is 0 Å². The van der Waals surface area contributed by atoms with Crippen molar-refractivity contribution >= 4 is 10.9 Å². The lowest BCUT2D eigenvalue weighted by atomic mass is 9.99. The molecule has 0 unspecified atom stereocenters. The number of unbranched alkanes of at least 4 members (excludes halogenated alkanes) is 5. The fourth-order valence-corrected chi connectivity index (χ4v) is 4.21. The lowest BCUT2D eigenvalue weighted by Crippen LogP contribution is -2.32. The normalized spacial score (nSPS) is 16.6. The van der Waals surface area contributed by atoms with Crippen LogP contribution < -0.4 is 0 Å². The highest BCUT2D eigenvalue weighted by Gasteiger charge is 2.19. The highest BCUT2D eigenvalue weighted by molar-refractivity contribution is 5.84. The summed E-state index contributed by atoms with van der Waals surface area (Å²) >= 11 is 0. The number of hydrogen-bond donors (Lipinski definition) is 0. The number of rotatable bonds is 9. The minimum atomic E-state index is -0.0769. The van der Waals surface area contributed by atoms with E-state index in [0.717, 1.165) is 36.3 Å². The summed E-state index contributed by atoms with van der Waals surface area (Å²) < 4.78 is 16.7. The van der Waals surface area contributed by atoms with Crippen LogP contribution in [0.3, 0.4) is 0 Å². The summed E-state index contributed by atoms with van der Waals surface area (Å²) in [5.74, 6) is 0.768. The number of aromatic nitrogens is 1. The Kier molecular flexibility index (Phi) is 7.13. The van der Waals surface area contributed by atoms with Crippen LogP contribution in [0.15, 0.2) is 24.4 Å². The molecule has 1 aliphatic heterocycles. The third-order valence-electron chi connectivity index (χ3n) is 5.95. The number of para-hydroxylation sites is 1. The van der Waals surface area contributed by atoms with Crippen molar-refractivity contribution in [3.8, 4) is 0 Å². The number of halogens is 1. The van der Waals surface area contributed by atoms with Crippen molar-refractivity contribution in [2.45, 2.75) is 78.3 Å².